The van der Waals surface area contributed by atoms with E-state index in [0.717, 1.165) is 6.42 Å². The van der Waals surface area contributed by atoms with Gasteiger partial charge < -0.3 is 37.2 Å². The van der Waals surface area contributed by atoms with Crippen LogP contribution in [-0.2, 0) is 24.0 Å². The predicted octanol–water partition coefficient (Wildman–Crippen LogP) is -3.83. The number of hydrogen-bond donors (Lipinski definition) is 7. The van der Waals surface area contributed by atoms with Crippen molar-refractivity contribution in [3.8, 4) is 0 Å². The largest absolute Gasteiger partial charge is 0.480 e. The van der Waals surface area contributed by atoms with Crippen molar-refractivity contribution in [3.63, 3.8) is 0 Å². The van der Waals surface area contributed by atoms with Gasteiger partial charge in [-0.1, -0.05) is 0 Å². The smallest absolute Gasteiger partial charge is 0.328 e. The van der Waals surface area contributed by atoms with E-state index in [0.29, 0.717) is 13.0 Å². The number of nitrogens with two attached hydrogens (primary N) is 1. The topological polar surface area (TPSA) is 200 Å². The Balaban J connectivity index is 2.69. The van der Waals surface area contributed by atoms with Crippen molar-refractivity contribution >= 4 is 29.6 Å². The van der Waals surface area contributed by atoms with Crippen LogP contribution in [0.3, 0.4) is 0 Å². The molecule has 0 spiro atoms. The number of nitrogens with one attached hydrogen (secondary N) is 4. The molecule has 1 saturated heterocycles. The molecule has 1 aliphatic heterocycles. The average Bonchev–Trinajstić information content (AvgIpc) is 3.12. The third-order valence-corrected chi connectivity index (χ3v) is 3.96. The van der Waals surface area contributed by atoms with Crippen LogP contribution in [0.4, 0.5) is 0 Å². The number of aliphatic hydroxyl groups excluding tert-OH is 1. The fraction of sp³-hybridized carbons (Fsp3) is 0.667. The van der Waals surface area contributed by atoms with Crippen LogP contribution < -0.4 is 27.0 Å². The maximum atomic E-state index is 12.2. The van der Waals surface area contributed by atoms with Gasteiger partial charge in [0.15, 0.2) is 0 Å². The molecule has 0 aromatic carbocycles. The number of aliphatic carboxylic acids is 1. The van der Waals surface area contributed by atoms with Crippen LogP contribution in [0.15, 0.2) is 0 Å². The number of primary amides is 1. The second kappa shape index (κ2) is 10.4. The average molecular weight is 387 g/mol. The molecule has 12 heteroatoms. The van der Waals surface area contributed by atoms with E-state index in [9.17, 15) is 24.0 Å². The Kier molecular flexibility index (Phi) is 8.62. The molecule has 1 aliphatic rings. The predicted molar refractivity (Wildman–Crippen MR) is 91.0 cm³/mol. The molecule has 12 nitrogen and oxygen atoms in total. The lowest BCUT2D eigenvalue weighted by Gasteiger charge is -2.22. The fourth-order valence-electron chi connectivity index (χ4n) is 2.45. The Labute approximate surface area is 155 Å². The Bertz CT molecular complexity index is 591. The Morgan fingerprint density at radius 3 is 2.22 bits per heavy atom. The highest BCUT2D eigenvalue weighted by atomic mass is 16.4. The molecule has 8 N–H and O–H groups in total. The first-order chi connectivity index (χ1) is 12.6. The number of carbonyl (C=O) groups excluding carboxylic acids is 4. The number of carbonyl (C=O) groups is 5. The number of aliphatic hydroxyl groups is 1. The summed E-state index contributed by atoms with van der Waals surface area (Å²) in [5.74, 6) is -4.51. The molecule has 0 aromatic rings. The van der Waals surface area contributed by atoms with E-state index in [-0.39, 0.29) is 5.91 Å². The number of amides is 4. The molecule has 152 valence electrons. The van der Waals surface area contributed by atoms with Gasteiger partial charge in [-0.15, -0.1) is 0 Å². The van der Waals surface area contributed by atoms with Crippen molar-refractivity contribution < 1.29 is 34.2 Å². The molecule has 0 bridgehead atoms. The van der Waals surface area contributed by atoms with Gasteiger partial charge in [0.05, 0.1) is 19.1 Å². The van der Waals surface area contributed by atoms with E-state index in [1.165, 1.54) is 6.92 Å². The van der Waals surface area contributed by atoms with E-state index >= 15 is 0 Å². The normalized spacial score (nSPS) is 19.4. The maximum Gasteiger partial charge on any atom is 0.328 e. The summed E-state index contributed by atoms with van der Waals surface area (Å²) in [5.41, 5.74) is 5.06. The summed E-state index contributed by atoms with van der Waals surface area (Å²) in [7, 11) is 0. The highest BCUT2D eigenvalue weighted by Crippen LogP contribution is 2.05. The summed E-state index contributed by atoms with van der Waals surface area (Å²) < 4.78 is 0. The number of rotatable bonds is 10. The summed E-state index contributed by atoms with van der Waals surface area (Å²) in [6.45, 7) is 1.23. The van der Waals surface area contributed by atoms with Crippen molar-refractivity contribution in [2.24, 2.45) is 5.73 Å². The zero-order chi connectivity index (χ0) is 20.6. The lowest BCUT2D eigenvalue weighted by atomic mass is 10.1. The number of hydrogen-bond acceptors (Lipinski definition) is 7. The molecule has 4 amide bonds. The summed E-state index contributed by atoms with van der Waals surface area (Å²) >= 11 is 0. The first-order valence-electron chi connectivity index (χ1n) is 8.42. The lowest BCUT2D eigenvalue weighted by molar-refractivity contribution is -0.143. The monoisotopic (exact) mass is 387 g/mol. The van der Waals surface area contributed by atoms with Crippen molar-refractivity contribution in [1.29, 1.82) is 0 Å². The van der Waals surface area contributed by atoms with Gasteiger partial charge in [-0.3, -0.25) is 19.2 Å². The highest BCUT2D eigenvalue weighted by molar-refractivity contribution is 5.96. The second-order valence-electron chi connectivity index (χ2n) is 6.19. The minimum absolute atomic E-state index is 0.364. The highest BCUT2D eigenvalue weighted by Gasteiger charge is 2.30. The van der Waals surface area contributed by atoms with E-state index in [1.54, 1.807) is 0 Å². The van der Waals surface area contributed by atoms with E-state index in [2.05, 4.69) is 16.0 Å². The minimum Gasteiger partial charge on any atom is -0.480 e. The lowest BCUT2D eigenvalue weighted by Crippen LogP contribution is -2.57. The summed E-state index contributed by atoms with van der Waals surface area (Å²) in [4.78, 5) is 58.4. The van der Waals surface area contributed by atoms with Crippen LogP contribution >= 0.6 is 0 Å². The molecule has 0 saturated carbocycles. The first kappa shape index (κ1) is 22.3. The summed E-state index contributed by atoms with van der Waals surface area (Å²) in [6, 6.07) is -4.45. The fourth-order valence-corrected chi connectivity index (χ4v) is 2.45. The molecule has 4 unspecified atom stereocenters. The van der Waals surface area contributed by atoms with Gasteiger partial charge in [0.25, 0.3) is 0 Å². The van der Waals surface area contributed by atoms with E-state index in [1.807, 2.05) is 5.32 Å². The molecule has 27 heavy (non-hydrogen) atoms. The molecule has 4 atom stereocenters. The van der Waals surface area contributed by atoms with Crippen molar-refractivity contribution in [1.82, 2.24) is 21.3 Å². The zero-order valence-corrected chi connectivity index (χ0v) is 14.9. The molecule has 1 rings (SSSR count). The Hall–Kier alpha value is -2.73. The van der Waals surface area contributed by atoms with Gasteiger partial charge >= 0.3 is 5.97 Å². The van der Waals surface area contributed by atoms with Crippen molar-refractivity contribution in [3.05, 3.63) is 0 Å². The third-order valence-electron chi connectivity index (χ3n) is 3.96. The number of carboxylic acid groups (broad SMARTS) is 1. The molecule has 0 aliphatic carbocycles. The van der Waals surface area contributed by atoms with Crippen molar-refractivity contribution in [2.45, 2.75) is 50.4 Å². The Morgan fingerprint density at radius 1 is 1.11 bits per heavy atom. The minimum atomic E-state index is -1.60. The van der Waals surface area contributed by atoms with Crippen molar-refractivity contribution in [2.75, 3.05) is 13.2 Å². The molecular formula is C15H25N5O7. The first-order valence-corrected chi connectivity index (χ1v) is 8.42. The Morgan fingerprint density at radius 2 is 1.74 bits per heavy atom. The van der Waals surface area contributed by atoms with Crippen LogP contribution in [-0.4, -0.2) is 77.1 Å². The quantitative estimate of drug-likeness (QED) is 0.197. The van der Waals surface area contributed by atoms with Crippen LogP contribution in [0.25, 0.3) is 0 Å². The second-order valence-corrected chi connectivity index (χ2v) is 6.19. The maximum absolute atomic E-state index is 12.2. The third kappa shape index (κ3) is 7.19. The van der Waals surface area contributed by atoms with Crippen LogP contribution in [0.2, 0.25) is 0 Å². The molecular weight excluding hydrogens is 362 g/mol. The molecule has 1 fully saturated rings. The van der Waals surface area contributed by atoms with Gasteiger partial charge in [-0.05, 0) is 26.3 Å². The van der Waals surface area contributed by atoms with E-state index < -0.39 is 60.9 Å². The van der Waals surface area contributed by atoms with Gasteiger partial charge in [0, 0.05) is 0 Å². The van der Waals surface area contributed by atoms with Crippen LogP contribution in [0, 0.1) is 0 Å². The van der Waals surface area contributed by atoms with Gasteiger partial charge in [-0.2, -0.15) is 0 Å². The summed E-state index contributed by atoms with van der Waals surface area (Å²) in [6.07, 6.45) is 0.903. The van der Waals surface area contributed by atoms with E-state index in [4.69, 9.17) is 15.9 Å². The number of carboxylic acids is 1. The van der Waals surface area contributed by atoms with Gasteiger partial charge in [-0.25, -0.2) is 4.79 Å². The van der Waals surface area contributed by atoms with Gasteiger partial charge in [0.2, 0.25) is 23.6 Å². The van der Waals surface area contributed by atoms with Gasteiger partial charge in [0.1, 0.15) is 18.1 Å². The molecule has 0 radical (unpaired) electrons. The van der Waals surface area contributed by atoms with Crippen LogP contribution in [0.5, 0.6) is 0 Å². The van der Waals surface area contributed by atoms with Crippen LogP contribution in [0.1, 0.15) is 26.2 Å². The zero-order valence-electron chi connectivity index (χ0n) is 14.9. The molecule has 1 heterocycles. The molecule has 0 aromatic heterocycles. The SMILES string of the molecule is CC(NC(=O)C1CCCN1)C(=O)NC(CC(N)=O)C(=O)NC(CO)C(=O)O. The standard InChI is InChI=1S/C15H25N5O7/c1-7(18-13(24)8-3-2-4-17-8)12(23)19-9(5-11(16)22)14(25)20-10(6-21)15(26)27/h7-10,17,21H,2-6H2,1H3,(H2,16,22)(H,18,24)(H,19,23)(H,20,25)(H,26,27). The summed E-state index contributed by atoms with van der Waals surface area (Å²) in [5, 5.41) is 27.5.